The summed E-state index contributed by atoms with van der Waals surface area (Å²) in [5, 5.41) is 2.28. The van der Waals surface area contributed by atoms with Gasteiger partial charge in [0, 0.05) is 44.6 Å². The van der Waals surface area contributed by atoms with E-state index < -0.39 is 0 Å². The Balaban J connectivity index is 1.08. The molecule has 11 rings (SSSR count). The first-order chi connectivity index (χ1) is 32.5. The molecule has 0 aliphatic rings. The zero-order valence-electron chi connectivity index (χ0n) is 36.2. The lowest BCUT2D eigenvalue weighted by atomic mass is 9.88. The molecule has 0 saturated carbocycles. The summed E-state index contributed by atoms with van der Waals surface area (Å²) in [7, 11) is 0. The quantitative estimate of drug-likeness (QED) is 0.141. The first kappa shape index (κ1) is 39.9. The Bertz CT molecular complexity index is 3480. The molecule has 8 heteroatoms. The molecule has 0 aliphatic heterocycles. The van der Waals surface area contributed by atoms with Gasteiger partial charge < -0.3 is 0 Å². The van der Waals surface area contributed by atoms with Crippen LogP contribution in [0.25, 0.3) is 113 Å². The van der Waals surface area contributed by atoms with Crippen molar-refractivity contribution in [2.75, 3.05) is 0 Å². The van der Waals surface area contributed by atoms with Crippen LogP contribution in [0.5, 0.6) is 0 Å². The second-order valence-electron chi connectivity index (χ2n) is 16.1. The van der Waals surface area contributed by atoms with Gasteiger partial charge in [-0.25, -0.2) is 39.9 Å². The van der Waals surface area contributed by atoms with Crippen LogP contribution >= 0.6 is 0 Å². The van der Waals surface area contributed by atoms with Crippen molar-refractivity contribution >= 4 is 10.8 Å². The lowest BCUT2D eigenvalue weighted by Gasteiger charge is -2.18. The third-order valence-corrected chi connectivity index (χ3v) is 11.5. The Kier molecular flexibility index (Phi) is 10.5. The van der Waals surface area contributed by atoms with E-state index in [2.05, 4.69) is 114 Å². The molecule has 0 aliphatic carbocycles. The highest BCUT2D eigenvalue weighted by atomic mass is 15.0. The summed E-state index contributed by atoms with van der Waals surface area (Å²) in [5.74, 6) is 4.27. The summed E-state index contributed by atoms with van der Waals surface area (Å²) in [6, 6.07) is 70.1. The Morgan fingerprint density at radius 3 is 1.21 bits per heavy atom. The van der Waals surface area contributed by atoms with Gasteiger partial charge in [0.1, 0.15) is 5.82 Å². The maximum absolute atomic E-state index is 5.15. The SMILES string of the molecule is Cc1cc(-c2cccc(-c3cccc(-c4nc(-c5ccccc5)nc(-c5ccc6ccccc6c5)n4)c3)c2-c2cccc(-c3nc(-c4ccccc4)nc(-c4ccccc4)n3)c2)nc(C)n1. The Labute approximate surface area is 382 Å². The van der Waals surface area contributed by atoms with E-state index in [1.165, 1.54) is 0 Å². The molecule has 0 radical (unpaired) electrons. The monoisotopic (exact) mass is 848 g/mol. The highest BCUT2D eigenvalue weighted by Crippen LogP contribution is 2.42. The second-order valence-corrected chi connectivity index (χ2v) is 16.1. The van der Waals surface area contributed by atoms with Gasteiger partial charge in [-0.3, -0.25) is 0 Å². The number of benzene rings is 8. The van der Waals surface area contributed by atoms with Crippen molar-refractivity contribution in [2.24, 2.45) is 0 Å². The summed E-state index contributed by atoms with van der Waals surface area (Å²) in [6.45, 7) is 3.94. The van der Waals surface area contributed by atoms with E-state index in [9.17, 15) is 0 Å². The lowest BCUT2D eigenvalue weighted by molar-refractivity contribution is 1.02. The maximum atomic E-state index is 5.15. The second kappa shape index (κ2) is 17.4. The van der Waals surface area contributed by atoms with E-state index in [4.69, 9.17) is 34.9 Å². The van der Waals surface area contributed by atoms with Crippen molar-refractivity contribution in [1.29, 1.82) is 0 Å². The molecule has 0 N–H and O–H groups in total. The maximum Gasteiger partial charge on any atom is 0.164 e. The lowest BCUT2D eigenvalue weighted by Crippen LogP contribution is -2.01. The van der Waals surface area contributed by atoms with Gasteiger partial charge in [-0.1, -0.05) is 182 Å². The van der Waals surface area contributed by atoms with Gasteiger partial charge >= 0.3 is 0 Å². The minimum Gasteiger partial charge on any atom is -0.239 e. The van der Waals surface area contributed by atoms with E-state index in [1.54, 1.807) is 0 Å². The topological polar surface area (TPSA) is 103 Å². The molecular weight excluding hydrogens is 809 g/mol. The number of hydrogen-bond acceptors (Lipinski definition) is 8. The summed E-state index contributed by atoms with van der Waals surface area (Å²) in [4.78, 5) is 40.0. The molecule has 0 spiro atoms. The van der Waals surface area contributed by atoms with Crippen molar-refractivity contribution in [3.8, 4) is 102 Å². The fourth-order valence-electron chi connectivity index (χ4n) is 8.43. The molecule has 0 amide bonds. The number of nitrogens with zero attached hydrogens (tertiary/aromatic N) is 8. The van der Waals surface area contributed by atoms with Crippen molar-refractivity contribution in [3.63, 3.8) is 0 Å². The fraction of sp³-hybridized carbons (Fsp3) is 0.0345. The minimum atomic E-state index is 0.575. The summed E-state index contributed by atoms with van der Waals surface area (Å²) in [5.41, 5.74) is 12.1. The van der Waals surface area contributed by atoms with Crippen LogP contribution < -0.4 is 0 Å². The first-order valence-corrected chi connectivity index (χ1v) is 21.8. The number of aromatic nitrogens is 8. The van der Waals surface area contributed by atoms with E-state index in [0.717, 1.165) is 83.4 Å². The minimum absolute atomic E-state index is 0.575. The van der Waals surface area contributed by atoms with E-state index >= 15 is 0 Å². The van der Waals surface area contributed by atoms with Crippen LogP contribution in [0, 0.1) is 13.8 Å². The molecule has 0 unspecified atom stereocenters. The van der Waals surface area contributed by atoms with Crippen LogP contribution in [0.4, 0.5) is 0 Å². The molecule has 3 aromatic heterocycles. The zero-order chi connectivity index (χ0) is 44.4. The molecule has 0 bridgehead atoms. The van der Waals surface area contributed by atoms with E-state index in [-0.39, 0.29) is 0 Å². The molecular formula is C58H40N8. The normalized spacial score (nSPS) is 11.2. The van der Waals surface area contributed by atoms with Gasteiger partial charge in [0.15, 0.2) is 34.9 Å². The van der Waals surface area contributed by atoms with Crippen LogP contribution in [0.1, 0.15) is 11.5 Å². The van der Waals surface area contributed by atoms with Crippen molar-refractivity contribution in [1.82, 2.24) is 39.9 Å². The third kappa shape index (κ3) is 8.11. The summed E-state index contributed by atoms with van der Waals surface area (Å²) < 4.78 is 0. The fourth-order valence-corrected chi connectivity index (χ4v) is 8.43. The molecule has 3 heterocycles. The Morgan fingerprint density at radius 1 is 0.258 bits per heavy atom. The predicted octanol–water partition coefficient (Wildman–Crippen LogP) is 13.6. The molecule has 11 aromatic rings. The predicted molar refractivity (Wildman–Crippen MR) is 265 cm³/mol. The number of rotatable bonds is 9. The van der Waals surface area contributed by atoms with E-state index in [0.29, 0.717) is 40.8 Å². The largest absolute Gasteiger partial charge is 0.239 e. The highest BCUT2D eigenvalue weighted by Gasteiger charge is 2.20. The van der Waals surface area contributed by atoms with E-state index in [1.807, 2.05) is 111 Å². The van der Waals surface area contributed by atoms with Gasteiger partial charge in [0.05, 0.1) is 5.69 Å². The average Bonchev–Trinajstić information content (AvgIpc) is 3.38. The third-order valence-electron chi connectivity index (χ3n) is 11.5. The standard InChI is InChI=1S/C58H40N8/c1-37-33-51(60-38(2)59-37)50-30-16-29-49(52(50)45-26-15-28-47(36-45)57-62-53(40-18-6-3-7-19-40)61-54(63-57)41-20-8-4-9-21-41)44-25-14-27-46(35-44)56-64-55(42-22-10-5-11-23-42)65-58(66-56)48-32-31-39-17-12-13-24-43(39)34-48/h3-36H,1-2H3. The van der Waals surface area contributed by atoms with Crippen molar-refractivity contribution in [2.45, 2.75) is 13.8 Å². The molecule has 0 saturated heterocycles. The van der Waals surface area contributed by atoms with Crippen molar-refractivity contribution < 1.29 is 0 Å². The number of fused-ring (bicyclic) bond motifs is 1. The van der Waals surface area contributed by atoms with Crippen LogP contribution in [0.2, 0.25) is 0 Å². The van der Waals surface area contributed by atoms with Gasteiger partial charge in [-0.05, 0) is 71.1 Å². The molecule has 8 aromatic carbocycles. The Hall–Kier alpha value is -8.88. The van der Waals surface area contributed by atoms with Gasteiger partial charge in [-0.2, -0.15) is 0 Å². The molecule has 0 atom stereocenters. The van der Waals surface area contributed by atoms with Crippen LogP contribution in [0.3, 0.4) is 0 Å². The zero-order valence-corrected chi connectivity index (χ0v) is 36.2. The van der Waals surface area contributed by atoms with Gasteiger partial charge in [0.25, 0.3) is 0 Å². The number of hydrogen-bond donors (Lipinski definition) is 0. The molecule has 66 heavy (non-hydrogen) atoms. The Morgan fingerprint density at radius 2 is 0.667 bits per heavy atom. The highest BCUT2D eigenvalue weighted by molar-refractivity contribution is 5.95. The molecule has 8 nitrogen and oxygen atoms in total. The molecule has 0 fully saturated rings. The van der Waals surface area contributed by atoms with Crippen LogP contribution in [-0.2, 0) is 0 Å². The first-order valence-electron chi connectivity index (χ1n) is 21.8. The van der Waals surface area contributed by atoms with Crippen LogP contribution in [-0.4, -0.2) is 39.9 Å². The molecule has 312 valence electrons. The summed E-state index contributed by atoms with van der Waals surface area (Å²) >= 11 is 0. The van der Waals surface area contributed by atoms with Gasteiger partial charge in [0.2, 0.25) is 0 Å². The smallest absolute Gasteiger partial charge is 0.164 e. The average molecular weight is 849 g/mol. The summed E-state index contributed by atoms with van der Waals surface area (Å²) in [6.07, 6.45) is 0. The van der Waals surface area contributed by atoms with Gasteiger partial charge in [-0.15, -0.1) is 0 Å². The number of aryl methyl sites for hydroxylation is 2. The van der Waals surface area contributed by atoms with Crippen LogP contribution in [0.15, 0.2) is 206 Å². The van der Waals surface area contributed by atoms with Crippen molar-refractivity contribution in [3.05, 3.63) is 218 Å².